The van der Waals surface area contributed by atoms with Crippen LogP contribution in [-0.2, 0) is 14.3 Å². The number of ether oxygens (including phenoxy) is 3. The van der Waals surface area contributed by atoms with Gasteiger partial charge in [0.25, 0.3) is 0 Å². The highest BCUT2D eigenvalue weighted by molar-refractivity contribution is 9.10. The molecule has 0 saturated carbocycles. The fraction of sp³-hybridized carbons (Fsp3) is 0.294. The maximum absolute atomic E-state index is 13.0. The Labute approximate surface area is 178 Å². The second kappa shape index (κ2) is 9.97. The van der Waals surface area contributed by atoms with Gasteiger partial charge < -0.3 is 14.2 Å². The normalized spacial score (nSPS) is 12.7. The molecule has 0 spiro atoms. The lowest BCUT2D eigenvalue weighted by molar-refractivity contribution is -0.0563. The van der Waals surface area contributed by atoms with Crippen molar-refractivity contribution in [1.82, 2.24) is 0 Å². The second-order valence-electron chi connectivity index (χ2n) is 5.37. The summed E-state index contributed by atoms with van der Waals surface area (Å²) < 4.78 is 83.2. The van der Waals surface area contributed by atoms with Crippen molar-refractivity contribution in [2.24, 2.45) is 0 Å². The van der Waals surface area contributed by atoms with Crippen molar-refractivity contribution < 1.29 is 40.0 Å². The molecule has 12 heteroatoms. The van der Waals surface area contributed by atoms with E-state index >= 15 is 0 Å². The standard InChI is InChI=1S/C17H16BrF3O6S.H3P/c1-24-12-8-13(25-2)15(14(9-12)26-3)16(10-4-6-11(18)7-5-10)27-28(22,23)17(19,20)21;/h4-9,16H,1-3H3;1H3. The first-order valence-corrected chi connectivity index (χ1v) is 9.79. The van der Waals surface area contributed by atoms with Gasteiger partial charge in [-0.1, -0.05) is 28.1 Å². The predicted octanol–water partition coefficient (Wildman–Crippen LogP) is 4.49. The molecule has 0 amide bonds. The van der Waals surface area contributed by atoms with Crippen LogP contribution >= 0.6 is 25.8 Å². The molecule has 0 saturated heterocycles. The van der Waals surface area contributed by atoms with Gasteiger partial charge in [-0.15, -0.1) is 0 Å². The van der Waals surface area contributed by atoms with Gasteiger partial charge in [0, 0.05) is 16.6 Å². The summed E-state index contributed by atoms with van der Waals surface area (Å²) in [6.45, 7) is 0. The third-order valence-electron chi connectivity index (χ3n) is 3.69. The molecule has 0 fully saturated rings. The third kappa shape index (κ3) is 5.75. The minimum Gasteiger partial charge on any atom is -0.496 e. The van der Waals surface area contributed by atoms with Crippen LogP contribution in [-0.4, -0.2) is 35.3 Å². The highest BCUT2D eigenvalue weighted by Gasteiger charge is 2.49. The summed E-state index contributed by atoms with van der Waals surface area (Å²) >= 11 is 3.21. The SMILES string of the molecule is COc1cc(OC)c(C(OS(=O)(=O)C(F)(F)F)c2ccc(Br)cc2)c(OC)c1.P. The Bertz CT molecular complexity index is 910. The zero-order valence-corrected chi connectivity index (χ0v) is 19.4. The van der Waals surface area contributed by atoms with E-state index in [0.717, 1.165) is 0 Å². The van der Waals surface area contributed by atoms with Crippen molar-refractivity contribution in [2.75, 3.05) is 21.3 Å². The number of benzene rings is 2. The van der Waals surface area contributed by atoms with Crippen LogP contribution in [0, 0.1) is 0 Å². The topological polar surface area (TPSA) is 71.1 Å². The van der Waals surface area contributed by atoms with E-state index in [-0.39, 0.29) is 32.5 Å². The van der Waals surface area contributed by atoms with Crippen LogP contribution in [0.2, 0.25) is 0 Å². The van der Waals surface area contributed by atoms with Gasteiger partial charge in [0.1, 0.15) is 23.4 Å². The molecule has 2 aromatic carbocycles. The molecular weight excluding hydrogens is 500 g/mol. The van der Waals surface area contributed by atoms with Crippen molar-refractivity contribution in [2.45, 2.75) is 11.6 Å². The summed E-state index contributed by atoms with van der Waals surface area (Å²) in [5.74, 6) is 0.355. The van der Waals surface area contributed by atoms with Crippen molar-refractivity contribution in [1.29, 1.82) is 0 Å². The molecule has 0 aliphatic carbocycles. The lowest BCUT2D eigenvalue weighted by Crippen LogP contribution is -2.28. The summed E-state index contributed by atoms with van der Waals surface area (Å²) in [6, 6.07) is 8.68. The fourth-order valence-corrected chi connectivity index (χ4v) is 3.21. The first-order valence-electron chi connectivity index (χ1n) is 7.59. The molecule has 2 aromatic rings. The number of halogens is 4. The summed E-state index contributed by atoms with van der Waals surface area (Å²) in [4.78, 5) is 0. The Morgan fingerprint density at radius 1 is 0.931 bits per heavy atom. The van der Waals surface area contributed by atoms with Crippen molar-refractivity contribution in [3.05, 3.63) is 52.0 Å². The zero-order chi connectivity index (χ0) is 21.1. The maximum atomic E-state index is 13.0. The zero-order valence-electron chi connectivity index (χ0n) is 15.6. The largest absolute Gasteiger partial charge is 0.523 e. The highest BCUT2D eigenvalue weighted by atomic mass is 79.9. The summed E-state index contributed by atoms with van der Waals surface area (Å²) in [7, 11) is -2.00. The third-order valence-corrected chi connectivity index (χ3v) is 5.24. The molecule has 2 atom stereocenters. The van der Waals surface area contributed by atoms with E-state index in [1.54, 1.807) is 0 Å². The molecule has 2 rings (SSSR count). The first-order chi connectivity index (χ1) is 13.0. The van der Waals surface area contributed by atoms with E-state index in [2.05, 4.69) is 20.1 Å². The van der Waals surface area contributed by atoms with Gasteiger partial charge in [0.15, 0.2) is 0 Å². The van der Waals surface area contributed by atoms with Crippen LogP contribution in [0.5, 0.6) is 17.2 Å². The van der Waals surface area contributed by atoms with Crippen LogP contribution in [0.4, 0.5) is 13.2 Å². The molecule has 0 aromatic heterocycles. The molecule has 0 aliphatic heterocycles. The minimum atomic E-state index is -5.92. The fourth-order valence-electron chi connectivity index (χ4n) is 2.38. The molecule has 0 aliphatic rings. The smallest absolute Gasteiger partial charge is 0.496 e. The Morgan fingerprint density at radius 3 is 1.79 bits per heavy atom. The van der Waals surface area contributed by atoms with Crippen molar-refractivity contribution in [3.63, 3.8) is 0 Å². The van der Waals surface area contributed by atoms with Gasteiger partial charge in [0.2, 0.25) is 0 Å². The van der Waals surface area contributed by atoms with Gasteiger partial charge in [0.05, 0.1) is 26.9 Å². The van der Waals surface area contributed by atoms with E-state index in [4.69, 9.17) is 14.2 Å². The molecule has 162 valence electrons. The van der Waals surface area contributed by atoms with Crippen LogP contribution in [0.1, 0.15) is 17.2 Å². The van der Waals surface area contributed by atoms with Crippen molar-refractivity contribution >= 4 is 35.9 Å². The van der Waals surface area contributed by atoms with E-state index in [9.17, 15) is 21.6 Å². The monoisotopic (exact) mass is 518 g/mol. The predicted molar refractivity (Wildman–Crippen MR) is 109 cm³/mol. The Balaban J connectivity index is 0.00000420. The van der Waals surface area contributed by atoms with Gasteiger partial charge in [-0.05, 0) is 17.7 Å². The Morgan fingerprint density at radius 2 is 1.41 bits per heavy atom. The lowest BCUT2D eigenvalue weighted by Gasteiger charge is -2.24. The number of hydrogen-bond donors (Lipinski definition) is 0. The number of alkyl halides is 3. The first kappa shape index (κ1) is 25.5. The van der Waals surface area contributed by atoms with Gasteiger partial charge in [-0.25, -0.2) is 4.18 Å². The van der Waals surface area contributed by atoms with Gasteiger partial charge in [-0.3, -0.25) is 0 Å². The molecule has 6 nitrogen and oxygen atoms in total. The van der Waals surface area contributed by atoms with Crippen molar-refractivity contribution in [3.8, 4) is 17.2 Å². The quantitative estimate of drug-likeness (QED) is 0.305. The van der Waals surface area contributed by atoms with E-state index < -0.39 is 21.7 Å². The van der Waals surface area contributed by atoms with Gasteiger partial charge >= 0.3 is 15.6 Å². The van der Waals surface area contributed by atoms with E-state index in [1.165, 1.54) is 57.7 Å². The molecule has 0 bridgehead atoms. The lowest BCUT2D eigenvalue weighted by atomic mass is 9.99. The summed E-state index contributed by atoms with van der Waals surface area (Å²) in [5, 5.41) is 0. The second-order valence-corrected chi connectivity index (χ2v) is 7.85. The Hall–Kier alpha value is -1.55. The summed E-state index contributed by atoms with van der Waals surface area (Å²) in [6.07, 6.45) is -1.68. The summed E-state index contributed by atoms with van der Waals surface area (Å²) in [5.41, 5.74) is -5.51. The maximum Gasteiger partial charge on any atom is 0.523 e. The van der Waals surface area contributed by atoms with E-state index in [0.29, 0.717) is 10.2 Å². The van der Waals surface area contributed by atoms with Crippen LogP contribution in [0.3, 0.4) is 0 Å². The number of hydrogen-bond acceptors (Lipinski definition) is 6. The molecule has 0 N–H and O–H groups in total. The molecule has 2 unspecified atom stereocenters. The molecule has 0 radical (unpaired) electrons. The molecule has 29 heavy (non-hydrogen) atoms. The number of methoxy groups -OCH3 is 3. The average molecular weight is 519 g/mol. The molecule has 0 heterocycles. The van der Waals surface area contributed by atoms with Crippen LogP contribution < -0.4 is 14.2 Å². The van der Waals surface area contributed by atoms with Gasteiger partial charge in [-0.2, -0.15) is 31.5 Å². The van der Waals surface area contributed by atoms with E-state index in [1.807, 2.05) is 0 Å². The average Bonchev–Trinajstić information content (AvgIpc) is 2.65. The van der Waals surface area contributed by atoms with Crippen LogP contribution in [0.15, 0.2) is 40.9 Å². The highest BCUT2D eigenvalue weighted by Crippen LogP contribution is 2.44. The minimum absolute atomic E-state index is 0. The molecular formula is C17H19BrF3O6PS. The number of rotatable bonds is 7. The Kier molecular flexibility index (Phi) is 8.76. The van der Waals surface area contributed by atoms with Crippen LogP contribution in [0.25, 0.3) is 0 Å².